The molecule has 0 aliphatic rings. The zero-order valence-electron chi connectivity index (χ0n) is 9.28. The molecule has 16 heavy (non-hydrogen) atoms. The summed E-state index contributed by atoms with van der Waals surface area (Å²) in [6, 6.07) is 6.65. The van der Waals surface area contributed by atoms with Crippen LogP contribution in [0.5, 0.6) is 0 Å². The average molecular weight is 242 g/mol. The summed E-state index contributed by atoms with van der Waals surface area (Å²) >= 11 is 5.74. The van der Waals surface area contributed by atoms with Gasteiger partial charge in [0.1, 0.15) is 12.6 Å². The lowest BCUT2D eigenvalue weighted by atomic mass is 10.2. The van der Waals surface area contributed by atoms with Crippen molar-refractivity contribution in [2.45, 2.75) is 32.4 Å². The van der Waals surface area contributed by atoms with Crippen molar-refractivity contribution in [2.24, 2.45) is 5.73 Å². The number of carbonyl (C=O) groups is 1. The van der Waals surface area contributed by atoms with Crippen molar-refractivity contribution in [1.29, 1.82) is 0 Å². The van der Waals surface area contributed by atoms with Gasteiger partial charge < -0.3 is 10.5 Å². The first-order chi connectivity index (χ1) is 7.63. The lowest BCUT2D eigenvalue weighted by Gasteiger charge is -2.10. The molecule has 0 radical (unpaired) electrons. The third-order valence-electron chi connectivity index (χ3n) is 2.20. The Morgan fingerprint density at radius 3 is 2.62 bits per heavy atom. The molecule has 2 N–H and O–H groups in total. The van der Waals surface area contributed by atoms with Crippen molar-refractivity contribution in [3.05, 3.63) is 34.9 Å². The largest absolute Gasteiger partial charge is 0.460 e. The molecule has 1 rings (SSSR count). The molecular formula is C12H16ClNO2. The summed E-state index contributed by atoms with van der Waals surface area (Å²) < 4.78 is 5.08. The molecule has 0 aliphatic heterocycles. The molecule has 0 amide bonds. The van der Waals surface area contributed by atoms with Crippen molar-refractivity contribution >= 4 is 17.6 Å². The summed E-state index contributed by atoms with van der Waals surface area (Å²) in [5.74, 6) is -0.350. The molecule has 1 aromatic rings. The van der Waals surface area contributed by atoms with Crippen LogP contribution in [0.25, 0.3) is 0 Å². The fourth-order valence-corrected chi connectivity index (χ4v) is 1.40. The fourth-order valence-electron chi connectivity index (χ4n) is 1.27. The topological polar surface area (TPSA) is 52.3 Å². The fraction of sp³-hybridized carbons (Fsp3) is 0.417. The summed E-state index contributed by atoms with van der Waals surface area (Å²) in [4.78, 5) is 11.4. The van der Waals surface area contributed by atoms with Crippen LogP contribution in [0.3, 0.4) is 0 Å². The van der Waals surface area contributed by atoms with Gasteiger partial charge in [-0.1, -0.05) is 37.1 Å². The molecule has 0 bridgehead atoms. The molecule has 0 saturated heterocycles. The monoisotopic (exact) mass is 241 g/mol. The maximum absolute atomic E-state index is 11.4. The first kappa shape index (κ1) is 13.0. The van der Waals surface area contributed by atoms with E-state index in [0.717, 1.165) is 12.0 Å². The van der Waals surface area contributed by atoms with E-state index in [1.54, 1.807) is 12.1 Å². The molecule has 0 heterocycles. The van der Waals surface area contributed by atoms with Gasteiger partial charge in [-0.3, -0.25) is 4.79 Å². The minimum Gasteiger partial charge on any atom is -0.460 e. The molecule has 0 fully saturated rings. The Kier molecular flexibility index (Phi) is 5.29. The van der Waals surface area contributed by atoms with Gasteiger partial charge in [0.2, 0.25) is 0 Å². The lowest BCUT2D eigenvalue weighted by molar-refractivity contribution is -0.146. The van der Waals surface area contributed by atoms with Crippen LogP contribution in [-0.2, 0) is 16.1 Å². The molecule has 88 valence electrons. The molecule has 0 saturated carbocycles. The minimum absolute atomic E-state index is 0.243. The van der Waals surface area contributed by atoms with Crippen molar-refractivity contribution in [3.8, 4) is 0 Å². The highest BCUT2D eigenvalue weighted by atomic mass is 35.5. The normalized spacial score (nSPS) is 12.2. The quantitative estimate of drug-likeness (QED) is 0.806. The first-order valence-electron chi connectivity index (χ1n) is 5.30. The zero-order chi connectivity index (χ0) is 12.0. The van der Waals surface area contributed by atoms with E-state index < -0.39 is 6.04 Å². The summed E-state index contributed by atoms with van der Waals surface area (Å²) in [7, 11) is 0. The smallest absolute Gasteiger partial charge is 0.323 e. The molecule has 0 unspecified atom stereocenters. The molecule has 3 nitrogen and oxygen atoms in total. The second kappa shape index (κ2) is 6.51. The Labute approximate surface area is 101 Å². The second-order valence-corrected chi connectivity index (χ2v) is 4.07. The third-order valence-corrected chi connectivity index (χ3v) is 2.45. The number of carbonyl (C=O) groups excluding carboxylic acids is 1. The highest BCUT2D eigenvalue weighted by Gasteiger charge is 2.13. The number of benzene rings is 1. The Morgan fingerprint density at radius 1 is 1.44 bits per heavy atom. The highest BCUT2D eigenvalue weighted by molar-refractivity contribution is 6.30. The van der Waals surface area contributed by atoms with Crippen molar-refractivity contribution in [3.63, 3.8) is 0 Å². The van der Waals surface area contributed by atoms with E-state index in [2.05, 4.69) is 0 Å². The number of hydrogen-bond donors (Lipinski definition) is 1. The predicted octanol–water partition coefficient (Wildman–Crippen LogP) is 2.51. The standard InChI is InChI=1S/C12H16ClNO2/c1-2-3-11(14)12(15)16-8-9-4-6-10(13)7-5-9/h4-7,11H,2-3,8,14H2,1H3/t11-/m0/s1. The van der Waals surface area contributed by atoms with E-state index in [1.165, 1.54) is 0 Å². The molecule has 0 aromatic heterocycles. The Hall–Kier alpha value is -1.06. The van der Waals surface area contributed by atoms with Gasteiger partial charge in [0, 0.05) is 5.02 Å². The van der Waals surface area contributed by atoms with Gasteiger partial charge in [0.15, 0.2) is 0 Å². The molecular weight excluding hydrogens is 226 g/mol. The molecule has 1 aromatic carbocycles. The van der Waals surface area contributed by atoms with E-state index in [4.69, 9.17) is 22.1 Å². The Morgan fingerprint density at radius 2 is 2.06 bits per heavy atom. The van der Waals surface area contributed by atoms with Crippen LogP contribution < -0.4 is 5.73 Å². The predicted molar refractivity (Wildman–Crippen MR) is 64.1 cm³/mol. The number of halogens is 1. The summed E-state index contributed by atoms with van der Waals surface area (Å²) in [6.45, 7) is 2.22. The number of esters is 1. The van der Waals surface area contributed by atoms with Crippen LogP contribution in [0.2, 0.25) is 5.02 Å². The maximum Gasteiger partial charge on any atom is 0.323 e. The average Bonchev–Trinajstić information content (AvgIpc) is 2.28. The van der Waals surface area contributed by atoms with E-state index in [-0.39, 0.29) is 12.6 Å². The van der Waals surface area contributed by atoms with E-state index in [0.29, 0.717) is 11.4 Å². The van der Waals surface area contributed by atoms with Crippen LogP contribution >= 0.6 is 11.6 Å². The first-order valence-corrected chi connectivity index (χ1v) is 5.68. The minimum atomic E-state index is -0.516. The molecule has 0 aliphatic carbocycles. The maximum atomic E-state index is 11.4. The number of rotatable bonds is 5. The second-order valence-electron chi connectivity index (χ2n) is 3.63. The van der Waals surface area contributed by atoms with Gasteiger partial charge in [-0.25, -0.2) is 0 Å². The van der Waals surface area contributed by atoms with Gasteiger partial charge in [-0.15, -0.1) is 0 Å². The van der Waals surface area contributed by atoms with Gasteiger partial charge in [-0.2, -0.15) is 0 Å². The zero-order valence-corrected chi connectivity index (χ0v) is 10.0. The van der Waals surface area contributed by atoms with Crippen LogP contribution in [0.4, 0.5) is 0 Å². The van der Waals surface area contributed by atoms with Crippen molar-refractivity contribution in [1.82, 2.24) is 0 Å². The number of ether oxygens (including phenoxy) is 1. The summed E-state index contributed by atoms with van der Waals surface area (Å²) in [5.41, 5.74) is 6.52. The van der Waals surface area contributed by atoms with Gasteiger partial charge in [0.05, 0.1) is 0 Å². The third kappa shape index (κ3) is 4.21. The van der Waals surface area contributed by atoms with Crippen molar-refractivity contribution in [2.75, 3.05) is 0 Å². The van der Waals surface area contributed by atoms with Gasteiger partial charge >= 0.3 is 5.97 Å². The molecule has 4 heteroatoms. The van der Waals surface area contributed by atoms with Crippen LogP contribution in [0, 0.1) is 0 Å². The van der Waals surface area contributed by atoms with Crippen molar-refractivity contribution < 1.29 is 9.53 Å². The number of nitrogens with two attached hydrogens (primary N) is 1. The van der Waals surface area contributed by atoms with E-state index >= 15 is 0 Å². The SMILES string of the molecule is CCC[C@H](N)C(=O)OCc1ccc(Cl)cc1. The van der Waals surface area contributed by atoms with E-state index in [1.807, 2.05) is 19.1 Å². The van der Waals surface area contributed by atoms with Gasteiger partial charge in [0.25, 0.3) is 0 Å². The van der Waals surface area contributed by atoms with Gasteiger partial charge in [-0.05, 0) is 24.1 Å². The lowest BCUT2D eigenvalue weighted by Crippen LogP contribution is -2.31. The molecule has 1 atom stereocenters. The molecule has 0 spiro atoms. The number of hydrogen-bond acceptors (Lipinski definition) is 3. The summed E-state index contributed by atoms with van der Waals surface area (Å²) in [6.07, 6.45) is 1.52. The summed E-state index contributed by atoms with van der Waals surface area (Å²) in [5, 5.41) is 0.665. The Bertz CT molecular complexity index is 337. The van der Waals surface area contributed by atoms with Crippen LogP contribution in [0.15, 0.2) is 24.3 Å². The van der Waals surface area contributed by atoms with Crippen LogP contribution in [0.1, 0.15) is 25.3 Å². The Balaban J connectivity index is 2.39. The van der Waals surface area contributed by atoms with E-state index in [9.17, 15) is 4.79 Å². The van der Waals surface area contributed by atoms with Crippen LogP contribution in [-0.4, -0.2) is 12.0 Å². The highest BCUT2D eigenvalue weighted by Crippen LogP contribution is 2.10.